The maximum absolute atomic E-state index is 12.7. The van der Waals surface area contributed by atoms with Crippen molar-refractivity contribution in [3.8, 4) is 0 Å². The van der Waals surface area contributed by atoms with E-state index in [1.165, 1.54) is 0 Å². The Hall–Kier alpha value is -1.93. The zero-order chi connectivity index (χ0) is 14.1. The second-order valence-corrected chi connectivity index (χ2v) is 3.11. The molecule has 1 aromatic rings. The Bertz CT molecular complexity index is 520. The smallest absolute Gasteiger partial charge is 0.417 e. The summed E-state index contributed by atoms with van der Waals surface area (Å²) >= 11 is 0. The van der Waals surface area contributed by atoms with E-state index in [-0.39, 0.29) is 0 Å². The number of halogens is 5. The molecule has 0 spiro atoms. The second-order valence-electron chi connectivity index (χ2n) is 3.11. The Morgan fingerprint density at radius 3 is 2.33 bits per heavy atom. The summed E-state index contributed by atoms with van der Waals surface area (Å²) in [4.78, 5) is 23.7. The molecule has 0 aliphatic carbocycles. The molecule has 9 heteroatoms. The minimum atomic E-state index is -5.27. The monoisotopic (exact) mass is 271 g/mol. The highest BCUT2D eigenvalue weighted by Crippen LogP contribution is 2.36. The summed E-state index contributed by atoms with van der Waals surface area (Å²) in [5, 5.41) is 0. The van der Waals surface area contributed by atoms with E-state index >= 15 is 0 Å². The van der Waals surface area contributed by atoms with Crippen LogP contribution in [0.15, 0.2) is 11.0 Å². The van der Waals surface area contributed by atoms with Gasteiger partial charge in [0.2, 0.25) is 0 Å². The van der Waals surface area contributed by atoms with E-state index < -0.39 is 40.8 Å². The quantitative estimate of drug-likeness (QED) is 0.662. The average Bonchev–Trinajstić information content (AvgIpc) is 2.25. The molecule has 1 heterocycles. The normalized spacial score (nSPS) is 11.7. The van der Waals surface area contributed by atoms with Crippen LogP contribution in [0.1, 0.15) is 27.9 Å². The lowest BCUT2D eigenvalue weighted by Gasteiger charge is -2.14. The molecule has 100 valence electrons. The number of hydrogen-bond donors (Lipinski definition) is 1. The van der Waals surface area contributed by atoms with Gasteiger partial charge in [-0.15, -0.1) is 0 Å². The third kappa shape index (κ3) is 2.49. The molecule has 1 aromatic heterocycles. The molecule has 1 N–H and O–H groups in total. The van der Waals surface area contributed by atoms with Gasteiger partial charge in [-0.05, 0) is 0 Å². The SMILES string of the molecule is COC(=O)c1c[nH]c(=O)c(C(F)F)c1C(F)(F)F. The largest absolute Gasteiger partial charge is 0.465 e. The van der Waals surface area contributed by atoms with Crippen LogP contribution in [0.3, 0.4) is 0 Å². The van der Waals surface area contributed by atoms with Crippen molar-refractivity contribution >= 4 is 5.97 Å². The topological polar surface area (TPSA) is 59.2 Å². The van der Waals surface area contributed by atoms with Crippen molar-refractivity contribution in [1.82, 2.24) is 4.98 Å². The van der Waals surface area contributed by atoms with Crippen molar-refractivity contribution in [2.45, 2.75) is 12.6 Å². The fraction of sp³-hybridized carbons (Fsp3) is 0.333. The van der Waals surface area contributed by atoms with E-state index in [1.54, 1.807) is 4.98 Å². The molecule has 1 rings (SSSR count). The summed E-state index contributed by atoms with van der Waals surface area (Å²) in [5.41, 5.74) is -6.55. The minimum Gasteiger partial charge on any atom is -0.465 e. The van der Waals surface area contributed by atoms with Gasteiger partial charge in [0, 0.05) is 6.20 Å². The lowest BCUT2D eigenvalue weighted by Crippen LogP contribution is -2.25. The highest BCUT2D eigenvalue weighted by atomic mass is 19.4. The van der Waals surface area contributed by atoms with Crippen LogP contribution < -0.4 is 5.56 Å². The molecular weight excluding hydrogens is 265 g/mol. The molecule has 0 saturated heterocycles. The van der Waals surface area contributed by atoms with Gasteiger partial charge in [-0.2, -0.15) is 13.2 Å². The van der Waals surface area contributed by atoms with Gasteiger partial charge in [-0.1, -0.05) is 0 Å². The van der Waals surface area contributed by atoms with Crippen LogP contribution in [-0.2, 0) is 10.9 Å². The standard InChI is InChI=1S/C9H6F5NO3/c1-18-8(17)3-2-15-7(16)4(6(10)11)5(3)9(12,13)14/h2,6H,1H3,(H,15,16). The van der Waals surface area contributed by atoms with Crippen molar-refractivity contribution in [1.29, 1.82) is 0 Å². The predicted octanol–water partition coefficient (Wildman–Crippen LogP) is 2.12. The first-order valence-corrected chi connectivity index (χ1v) is 4.39. The maximum atomic E-state index is 12.7. The van der Waals surface area contributed by atoms with Crippen molar-refractivity contribution in [3.63, 3.8) is 0 Å². The third-order valence-corrected chi connectivity index (χ3v) is 2.04. The summed E-state index contributed by atoms with van der Waals surface area (Å²) in [6.45, 7) is 0. The fourth-order valence-electron chi connectivity index (χ4n) is 1.33. The maximum Gasteiger partial charge on any atom is 0.417 e. The summed E-state index contributed by atoms with van der Waals surface area (Å²) in [6.07, 6.45) is -8.55. The van der Waals surface area contributed by atoms with Gasteiger partial charge in [0.15, 0.2) is 0 Å². The van der Waals surface area contributed by atoms with Crippen LogP contribution in [0.25, 0.3) is 0 Å². The van der Waals surface area contributed by atoms with E-state index in [1.807, 2.05) is 0 Å². The molecule has 0 radical (unpaired) electrons. The van der Waals surface area contributed by atoms with Crippen molar-refractivity contribution in [3.05, 3.63) is 33.2 Å². The molecule has 0 aliphatic rings. The first kappa shape index (κ1) is 14.1. The van der Waals surface area contributed by atoms with Gasteiger partial charge in [0.1, 0.15) is 0 Å². The van der Waals surface area contributed by atoms with Crippen LogP contribution in [-0.4, -0.2) is 18.1 Å². The molecule has 0 saturated carbocycles. The van der Waals surface area contributed by atoms with Gasteiger partial charge in [-0.3, -0.25) is 4.79 Å². The third-order valence-electron chi connectivity index (χ3n) is 2.04. The Balaban J connectivity index is 3.71. The predicted molar refractivity (Wildman–Crippen MR) is 48.4 cm³/mol. The zero-order valence-corrected chi connectivity index (χ0v) is 8.77. The van der Waals surface area contributed by atoms with Crippen molar-refractivity contribution in [2.75, 3.05) is 7.11 Å². The van der Waals surface area contributed by atoms with Gasteiger partial charge in [0.05, 0.1) is 23.8 Å². The molecule has 0 amide bonds. The summed E-state index contributed by atoms with van der Waals surface area (Å²) < 4.78 is 67.0. The molecule has 0 atom stereocenters. The molecule has 0 aliphatic heterocycles. The number of esters is 1. The number of carbonyl (C=O) groups excluding carboxylic acids is 1. The zero-order valence-electron chi connectivity index (χ0n) is 8.77. The number of hydrogen-bond acceptors (Lipinski definition) is 3. The highest BCUT2D eigenvalue weighted by molar-refractivity contribution is 5.91. The molecular formula is C9H6F5NO3. The second kappa shape index (κ2) is 4.75. The van der Waals surface area contributed by atoms with E-state index in [4.69, 9.17) is 0 Å². The number of aromatic amines is 1. The number of pyridine rings is 1. The summed E-state index contributed by atoms with van der Waals surface area (Å²) in [5.74, 6) is -1.47. The van der Waals surface area contributed by atoms with Crippen LogP contribution >= 0.6 is 0 Å². The Morgan fingerprint density at radius 1 is 1.39 bits per heavy atom. The summed E-state index contributed by atoms with van der Waals surface area (Å²) in [7, 11) is 0.787. The molecule has 4 nitrogen and oxygen atoms in total. The molecule has 0 unspecified atom stereocenters. The van der Waals surface area contributed by atoms with Crippen molar-refractivity contribution in [2.24, 2.45) is 0 Å². The summed E-state index contributed by atoms with van der Waals surface area (Å²) in [6, 6.07) is 0. The number of aromatic nitrogens is 1. The Labute approximate surface area is 96.4 Å². The van der Waals surface area contributed by atoms with Gasteiger partial charge < -0.3 is 9.72 Å². The van der Waals surface area contributed by atoms with Crippen molar-refractivity contribution < 1.29 is 31.5 Å². The lowest BCUT2D eigenvalue weighted by atomic mass is 10.0. The number of H-pyrrole nitrogens is 1. The molecule has 0 aromatic carbocycles. The minimum absolute atomic E-state index is 0.392. The number of carbonyl (C=O) groups is 1. The van der Waals surface area contributed by atoms with Crippen LogP contribution in [0.5, 0.6) is 0 Å². The van der Waals surface area contributed by atoms with Gasteiger partial charge in [-0.25, -0.2) is 13.6 Å². The molecule has 0 fully saturated rings. The Morgan fingerprint density at radius 2 is 1.94 bits per heavy atom. The Kier molecular flexibility index (Phi) is 3.73. The molecule has 18 heavy (non-hydrogen) atoms. The first-order chi connectivity index (χ1) is 8.20. The number of methoxy groups -OCH3 is 1. The lowest BCUT2D eigenvalue weighted by molar-refractivity contribution is -0.140. The molecule has 0 bridgehead atoms. The van der Waals surface area contributed by atoms with Gasteiger partial charge in [0.25, 0.3) is 12.0 Å². The van der Waals surface area contributed by atoms with Gasteiger partial charge >= 0.3 is 12.1 Å². The van der Waals surface area contributed by atoms with E-state index in [9.17, 15) is 31.5 Å². The van der Waals surface area contributed by atoms with Crippen LogP contribution in [0, 0.1) is 0 Å². The highest BCUT2D eigenvalue weighted by Gasteiger charge is 2.42. The number of rotatable bonds is 2. The number of alkyl halides is 5. The van der Waals surface area contributed by atoms with E-state index in [0.717, 1.165) is 7.11 Å². The van der Waals surface area contributed by atoms with Crippen LogP contribution in [0.2, 0.25) is 0 Å². The first-order valence-electron chi connectivity index (χ1n) is 4.39. The number of ether oxygens (including phenoxy) is 1. The van der Waals surface area contributed by atoms with E-state index in [0.29, 0.717) is 6.20 Å². The van der Waals surface area contributed by atoms with Crippen LogP contribution in [0.4, 0.5) is 22.0 Å². The number of nitrogens with one attached hydrogen (secondary N) is 1. The average molecular weight is 271 g/mol. The fourth-order valence-corrected chi connectivity index (χ4v) is 1.33. The van der Waals surface area contributed by atoms with E-state index in [2.05, 4.69) is 4.74 Å².